The largest absolute Gasteiger partial charge is 0.487 e. The zero-order valence-electron chi connectivity index (χ0n) is 16.7. The van der Waals surface area contributed by atoms with Crippen molar-refractivity contribution in [3.8, 4) is 5.75 Å². The molecule has 0 bridgehead atoms. The Labute approximate surface area is 170 Å². The van der Waals surface area contributed by atoms with Gasteiger partial charge in [-0.1, -0.05) is 19.3 Å². The molecule has 2 N–H and O–H groups in total. The maximum Gasteiger partial charge on any atom is 0.234 e. The fraction of sp³-hybridized carbons (Fsp3) is 0.545. The quantitative estimate of drug-likeness (QED) is 0.748. The molecule has 6 nitrogen and oxygen atoms in total. The number of aromatic nitrogens is 2. The zero-order chi connectivity index (χ0) is 20.1. The zero-order valence-corrected chi connectivity index (χ0v) is 16.7. The van der Waals surface area contributed by atoms with E-state index in [1.165, 1.54) is 31.4 Å². The lowest BCUT2D eigenvalue weighted by molar-refractivity contribution is -0.122. The van der Waals surface area contributed by atoms with E-state index < -0.39 is 0 Å². The van der Waals surface area contributed by atoms with Crippen LogP contribution in [0.25, 0.3) is 0 Å². The number of hydrogen-bond acceptors (Lipinski definition) is 4. The molecule has 0 unspecified atom stereocenters. The second kappa shape index (κ2) is 9.39. The van der Waals surface area contributed by atoms with Crippen LogP contribution < -0.4 is 10.1 Å². The van der Waals surface area contributed by atoms with E-state index in [1.54, 1.807) is 12.1 Å². The molecule has 2 fully saturated rings. The van der Waals surface area contributed by atoms with Gasteiger partial charge in [-0.3, -0.25) is 14.8 Å². The minimum atomic E-state index is -0.278. The topological polar surface area (TPSA) is 70.2 Å². The number of nitrogens with zero attached hydrogens (tertiary/aromatic N) is 2. The van der Waals surface area contributed by atoms with Crippen LogP contribution in [0, 0.1) is 5.82 Å². The number of nitrogens with one attached hydrogen (secondary N) is 2. The van der Waals surface area contributed by atoms with Crippen molar-refractivity contribution in [2.24, 2.45) is 0 Å². The van der Waals surface area contributed by atoms with Gasteiger partial charge in [0.25, 0.3) is 0 Å². The minimum absolute atomic E-state index is 0.146. The third-order valence-corrected chi connectivity index (χ3v) is 5.89. The molecule has 1 aromatic carbocycles. The van der Waals surface area contributed by atoms with E-state index in [0.29, 0.717) is 30.9 Å². The fourth-order valence-corrected chi connectivity index (χ4v) is 4.30. The predicted molar refractivity (Wildman–Crippen MR) is 108 cm³/mol. The monoisotopic (exact) mass is 400 g/mol. The average molecular weight is 400 g/mol. The molecule has 1 aliphatic carbocycles. The van der Waals surface area contributed by atoms with Crippen LogP contribution in [0.15, 0.2) is 30.3 Å². The summed E-state index contributed by atoms with van der Waals surface area (Å²) in [5, 5.41) is 10.7. The number of H-pyrrole nitrogens is 1. The van der Waals surface area contributed by atoms with Crippen LogP contribution in [-0.4, -0.2) is 46.7 Å². The maximum absolute atomic E-state index is 13.0. The summed E-state index contributed by atoms with van der Waals surface area (Å²) in [6.07, 6.45) is 6.97. The number of amides is 1. The van der Waals surface area contributed by atoms with E-state index in [-0.39, 0.29) is 11.7 Å². The maximum atomic E-state index is 13.0. The molecule has 1 aromatic heterocycles. The molecule has 1 aliphatic heterocycles. The highest BCUT2D eigenvalue weighted by Crippen LogP contribution is 2.26. The highest BCUT2D eigenvalue weighted by atomic mass is 19.1. The first-order valence-electron chi connectivity index (χ1n) is 10.6. The summed E-state index contributed by atoms with van der Waals surface area (Å²) in [5.74, 6) is 0.819. The molecule has 0 spiro atoms. The molecule has 29 heavy (non-hydrogen) atoms. The summed E-state index contributed by atoms with van der Waals surface area (Å²) in [4.78, 5) is 14.6. The Morgan fingerprint density at radius 3 is 2.79 bits per heavy atom. The summed E-state index contributed by atoms with van der Waals surface area (Å²) in [6, 6.07) is 8.38. The van der Waals surface area contributed by atoms with E-state index in [0.717, 1.165) is 43.7 Å². The Balaban J connectivity index is 1.22. The first-order chi connectivity index (χ1) is 14.2. The molecule has 1 saturated heterocycles. The normalized spacial score (nSPS) is 20.7. The third-order valence-electron chi connectivity index (χ3n) is 5.89. The minimum Gasteiger partial charge on any atom is -0.487 e. The van der Waals surface area contributed by atoms with E-state index in [9.17, 15) is 9.18 Å². The van der Waals surface area contributed by atoms with Gasteiger partial charge in [-0.25, -0.2) is 4.39 Å². The number of ether oxygens (including phenoxy) is 1. The van der Waals surface area contributed by atoms with E-state index in [2.05, 4.69) is 20.4 Å². The number of halogens is 1. The van der Waals surface area contributed by atoms with Gasteiger partial charge in [-0.2, -0.15) is 5.10 Å². The van der Waals surface area contributed by atoms with Crippen molar-refractivity contribution >= 4 is 5.91 Å². The van der Waals surface area contributed by atoms with Crippen LogP contribution in [0.2, 0.25) is 0 Å². The van der Waals surface area contributed by atoms with Crippen molar-refractivity contribution in [2.75, 3.05) is 19.6 Å². The van der Waals surface area contributed by atoms with Crippen LogP contribution in [0.1, 0.15) is 55.8 Å². The lowest BCUT2D eigenvalue weighted by atomic mass is 9.95. The average Bonchev–Trinajstić information content (AvgIpc) is 3.38. The summed E-state index contributed by atoms with van der Waals surface area (Å²) in [7, 11) is 0. The van der Waals surface area contributed by atoms with E-state index >= 15 is 0 Å². The standard InChI is InChI=1S/C22H29FN4O2/c23-17-6-8-20(9-7-17)29-15-19-12-21(26-25-19)16-10-11-27(13-16)14-22(28)24-18-4-2-1-3-5-18/h6-9,12,16,18H,1-5,10-11,13-15H2,(H,24,28)(H,25,26)/t16-/m0/s1. The van der Waals surface area contributed by atoms with Crippen molar-refractivity contribution in [3.05, 3.63) is 47.5 Å². The molecule has 2 aliphatic rings. The van der Waals surface area contributed by atoms with Gasteiger partial charge in [0, 0.05) is 18.5 Å². The number of rotatable bonds is 7. The van der Waals surface area contributed by atoms with Crippen molar-refractivity contribution in [1.82, 2.24) is 20.4 Å². The highest BCUT2D eigenvalue weighted by molar-refractivity contribution is 5.78. The number of likely N-dealkylation sites (tertiary alicyclic amines) is 1. The van der Waals surface area contributed by atoms with Crippen LogP contribution in [0.3, 0.4) is 0 Å². The second-order valence-electron chi connectivity index (χ2n) is 8.18. The first kappa shape index (κ1) is 19.9. The van der Waals surface area contributed by atoms with Gasteiger partial charge in [-0.15, -0.1) is 0 Å². The molecule has 7 heteroatoms. The Morgan fingerprint density at radius 2 is 2.00 bits per heavy atom. The summed E-state index contributed by atoms with van der Waals surface area (Å²) < 4.78 is 18.6. The third kappa shape index (κ3) is 5.56. The summed E-state index contributed by atoms with van der Waals surface area (Å²) in [5.41, 5.74) is 1.90. The number of aromatic amines is 1. The highest BCUT2D eigenvalue weighted by Gasteiger charge is 2.27. The molecule has 2 aromatic rings. The molecular weight excluding hydrogens is 371 g/mol. The number of carbonyl (C=O) groups is 1. The van der Waals surface area contributed by atoms with Crippen molar-refractivity contribution < 1.29 is 13.9 Å². The predicted octanol–water partition coefficient (Wildman–Crippen LogP) is 3.37. The molecule has 1 amide bonds. The molecule has 156 valence electrons. The number of carbonyl (C=O) groups excluding carboxylic acids is 1. The molecule has 2 heterocycles. The van der Waals surface area contributed by atoms with Crippen LogP contribution in [-0.2, 0) is 11.4 Å². The Kier molecular flexibility index (Phi) is 6.44. The first-order valence-corrected chi connectivity index (χ1v) is 10.6. The lowest BCUT2D eigenvalue weighted by Crippen LogP contribution is -2.42. The van der Waals surface area contributed by atoms with E-state index in [1.807, 2.05) is 6.07 Å². The molecule has 1 atom stereocenters. The van der Waals surface area contributed by atoms with Crippen LogP contribution in [0.4, 0.5) is 4.39 Å². The summed E-state index contributed by atoms with van der Waals surface area (Å²) in [6.45, 7) is 2.59. The van der Waals surface area contributed by atoms with Gasteiger partial charge in [0.1, 0.15) is 18.2 Å². The lowest BCUT2D eigenvalue weighted by Gasteiger charge is -2.24. The van der Waals surface area contributed by atoms with Gasteiger partial charge in [0.05, 0.1) is 17.9 Å². The molecular formula is C22H29FN4O2. The molecule has 4 rings (SSSR count). The van der Waals surface area contributed by atoms with Crippen LogP contribution in [0.5, 0.6) is 5.75 Å². The Morgan fingerprint density at radius 1 is 1.21 bits per heavy atom. The van der Waals surface area contributed by atoms with Crippen molar-refractivity contribution in [3.63, 3.8) is 0 Å². The van der Waals surface area contributed by atoms with Gasteiger partial charge >= 0.3 is 0 Å². The van der Waals surface area contributed by atoms with E-state index in [4.69, 9.17) is 4.74 Å². The van der Waals surface area contributed by atoms with Gasteiger partial charge in [0.2, 0.25) is 5.91 Å². The SMILES string of the molecule is O=C(CN1CC[C@H](c2cc(COc3ccc(F)cc3)[nH]n2)C1)NC1CCCCC1. The van der Waals surface area contributed by atoms with Crippen LogP contribution >= 0.6 is 0 Å². The Hall–Kier alpha value is -2.41. The van der Waals surface area contributed by atoms with Gasteiger partial charge in [0.15, 0.2) is 0 Å². The Bertz CT molecular complexity index is 801. The van der Waals surface area contributed by atoms with Crippen molar-refractivity contribution in [2.45, 2.75) is 57.1 Å². The summed E-state index contributed by atoms with van der Waals surface area (Å²) >= 11 is 0. The second-order valence-corrected chi connectivity index (χ2v) is 8.18. The van der Waals surface area contributed by atoms with Crippen molar-refractivity contribution in [1.29, 1.82) is 0 Å². The molecule has 1 saturated carbocycles. The van der Waals surface area contributed by atoms with Gasteiger partial charge < -0.3 is 10.1 Å². The fourth-order valence-electron chi connectivity index (χ4n) is 4.30. The number of hydrogen-bond donors (Lipinski definition) is 2. The molecule has 0 radical (unpaired) electrons. The number of benzene rings is 1. The van der Waals surface area contributed by atoms with Gasteiger partial charge in [-0.05, 0) is 56.1 Å². The smallest absolute Gasteiger partial charge is 0.234 e.